The molecule has 110 valence electrons. The summed E-state index contributed by atoms with van der Waals surface area (Å²) in [6, 6.07) is -10.9. The zero-order chi connectivity index (χ0) is 24.2. The third kappa shape index (κ3) is 4.41. The Balaban J connectivity index is 0.00000512. The highest BCUT2D eigenvalue weighted by atomic mass is 35.5. The van der Waals surface area contributed by atoms with Gasteiger partial charge in [-0.05, 0) is 11.9 Å². The van der Waals surface area contributed by atoms with Gasteiger partial charge in [0.2, 0.25) is 0 Å². The average molecular weight is 317 g/mol. The third-order valence-corrected chi connectivity index (χ3v) is 2.15. The molecule has 21 heavy (non-hydrogen) atoms. The number of rotatable bonds is 5. The molecule has 0 saturated heterocycles. The average Bonchev–Trinajstić information content (AvgIpc) is 2.68. The Hall–Kier alpha value is -2.17. The molecule has 0 aromatic heterocycles. The lowest BCUT2D eigenvalue weighted by Crippen LogP contribution is -2.32. The SMILES string of the molecule is Cl.[2H]c1c([2H])c([2H])c(C(=O)c2c([2H])c([2H])c(C([2H])([2H])C(N)C(=O)O)c([2H])c2[2H])c([2H])c1[2H]. The van der Waals surface area contributed by atoms with Crippen molar-refractivity contribution in [3.8, 4) is 0 Å². The van der Waals surface area contributed by atoms with Crippen LogP contribution in [0.3, 0.4) is 0 Å². The van der Waals surface area contributed by atoms with Crippen LogP contribution in [0.1, 0.15) is 36.6 Å². The monoisotopic (exact) mass is 316 g/mol. The molecule has 0 spiro atoms. The molecule has 0 fully saturated rings. The van der Waals surface area contributed by atoms with E-state index < -0.39 is 95.2 Å². The second-order valence-corrected chi connectivity index (χ2v) is 3.54. The Morgan fingerprint density at radius 3 is 2.14 bits per heavy atom. The summed E-state index contributed by atoms with van der Waals surface area (Å²) < 4.78 is 86.5. The van der Waals surface area contributed by atoms with Crippen molar-refractivity contribution >= 4 is 24.2 Å². The lowest BCUT2D eigenvalue weighted by atomic mass is 10.00. The van der Waals surface area contributed by atoms with E-state index in [4.69, 9.17) is 25.9 Å². The molecule has 2 aromatic carbocycles. The van der Waals surface area contributed by atoms with Crippen molar-refractivity contribution in [3.63, 3.8) is 0 Å². The van der Waals surface area contributed by atoms with E-state index in [1.807, 2.05) is 0 Å². The summed E-state index contributed by atoms with van der Waals surface area (Å²) in [5.74, 6) is -3.20. The predicted octanol–water partition coefficient (Wildman–Crippen LogP) is 2.29. The standard InChI is InChI=1S/C16H15NO3.ClH/c17-14(16(19)20)10-11-6-8-13(9-7-11)15(18)12-4-2-1-3-5-12;/h1-9,14H,10,17H2,(H,19,20);1H/i1D,2D,3D,4D,5D,6D,7D,8D,9D,10D2;. The van der Waals surface area contributed by atoms with Gasteiger partial charge in [-0.25, -0.2) is 0 Å². The lowest BCUT2D eigenvalue weighted by molar-refractivity contribution is -0.138. The number of halogens is 1. The first kappa shape index (κ1) is 6.73. The van der Waals surface area contributed by atoms with Gasteiger partial charge >= 0.3 is 5.97 Å². The molecule has 0 amide bonds. The minimum Gasteiger partial charge on any atom is -0.480 e. The quantitative estimate of drug-likeness (QED) is 0.829. The first-order valence-electron chi connectivity index (χ1n) is 10.8. The number of benzene rings is 2. The number of hydrogen-bond acceptors (Lipinski definition) is 3. The molecular weight excluding hydrogens is 290 g/mol. The van der Waals surface area contributed by atoms with Gasteiger partial charge in [0.25, 0.3) is 0 Å². The highest BCUT2D eigenvalue weighted by Gasteiger charge is 2.13. The normalized spacial score (nSPS) is 19.4. The summed E-state index contributed by atoms with van der Waals surface area (Å²) in [4.78, 5) is 24.1. The molecule has 0 bridgehead atoms. The van der Waals surface area contributed by atoms with E-state index >= 15 is 0 Å². The van der Waals surface area contributed by atoms with Crippen LogP contribution in [0, 0.1) is 0 Å². The molecule has 0 radical (unpaired) electrons. The van der Waals surface area contributed by atoms with Crippen molar-refractivity contribution in [3.05, 3.63) is 71.1 Å². The van der Waals surface area contributed by atoms with Crippen LogP contribution in [0.15, 0.2) is 54.4 Å². The van der Waals surface area contributed by atoms with Crippen LogP contribution in [0.2, 0.25) is 0 Å². The first-order chi connectivity index (χ1) is 14.1. The number of carbonyl (C=O) groups excluding carboxylic acids is 1. The summed E-state index contributed by atoms with van der Waals surface area (Å²) in [6.07, 6.45) is -3.05. The van der Waals surface area contributed by atoms with Crippen molar-refractivity contribution in [1.82, 2.24) is 0 Å². The molecule has 4 nitrogen and oxygen atoms in total. The predicted molar refractivity (Wildman–Crippen MR) is 82.9 cm³/mol. The zero-order valence-electron chi connectivity index (χ0n) is 21.3. The molecule has 0 aliphatic heterocycles. The zero-order valence-corrected chi connectivity index (χ0v) is 11.1. The summed E-state index contributed by atoms with van der Waals surface area (Å²) in [5.41, 5.74) is 2.46. The first-order valence-corrected chi connectivity index (χ1v) is 5.29. The molecule has 1 atom stereocenters. The number of carbonyl (C=O) groups is 2. The van der Waals surface area contributed by atoms with Crippen LogP contribution in [-0.4, -0.2) is 22.9 Å². The van der Waals surface area contributed by atoms with Gasteiger partial charge in [0.05, 0.1) is 12.3 Å². The topological polar surface area (TPSA) is 80.4 Å². The number of hydrogen-bond donors (Lipinski definition) is 2. The van der Waals surface area contributed by atoms with E-state index in [-0.39, 0.29) is 12.4 Å². The maximum Gasteiger partial charge on any atom is 0.320 e. The lowest BCUT2D eigenvalue weighted by Gasteiger charge is -2.07. The largest absolute Gasteiger partial charge is 0.480 e. The molecule has 3 N–H and O–H groups in total. The highest BCUT2D eigenvalue weighted by Crippen LogP contribution is 2.12. The van der Waals surface area contributed by atoms with Crippen LogP contribution < -0.4 is 5.73 Å². The van der Waals surface area contributed by atoms with Crippen LogP contribution in [0.25, 0.3) is 0 Å². The van der Waals surface area contributed by atoms with Gasteiger partial charge in [0.15, 0.2) is 5.78 Å². The fraction of sp³-hybridized carbons (Fsp3) is 0.125. The summed E-state index contributed by atoms with van der Waals surface area (Å²) in [5, 5.41) is 9.00. The molecule has 0 aliphatic rings. The van der Waals surface area contributed by atoms with Crippen molar-refractivity contribution in [2.45, 2.75) is 12.4 Å². The minimum absolute atomic E-state index is 0. The van der Waals surface area contributed by atoms with E-state index in [1.54, 1.807) is 0 Å². The van der Waals surface area contributed by atoms with E-state index in [0.29, 0.717) is 0 Å². The second-order valence-electron chi connectivity index (χ2n) is 3.54. The summed E-state index contributed by atoms with van der Waals surface area (Å²) in [7, 11) is 0. The van der Waals surface area contributed by atoms with E-state index in [9.17, 15) is 9.59 Å². The maximum absolute atomic E-state index is 13.0. The molecule has 1 unspecified atom stereocenters. The number of ketones is 1. The van der Waals surface area contributed by atoms with Gasteiger partial charge in [-0.3, -0.25) is 9.59 Å². The van der Waals surface area contributed by atoms with Crippen molar-refractivity contribution in [1.29, 1.82) is 0 Å². The number of carboxylic acid groups (broad SMARTS) is 1. The molecule has 0 heterocycles. The van der Waals surface area contributed by atoms with Crippen molar-refractivity contribution in [2.75, 3.05) is 0 Å². The Kier molecular flexibility index (Phi) is 2.42. The van der Waals surface area contributed by atoms with Crippen LogP contribution in [-0.2, 0) is 11.2 Å². The van der Waals surface area contributed by atoms with Gasteiger partial charge < -0.3 is 10.8 Å². The molecule has 5 heteroatoms. The van der Waals surface area contributed by atoms with Gasteiger partial charge in [0.1, 0.15) is 6.04 Å². The Bertz CT molecular complexity index is 1080. The fourth-order valence-electron chi connectivity index (χ4n) is 1.20. The van der Waals surface area contributed by atoms with Gasteiger partial charge in [-0.2, -0.15) is 0 Å². The minimum atomic E-state index is -3.05. The molecular formula is C16H16ClNO3. The fourth-order valence-corrected chi connectivity index (χ4v) is 1.20. The number of nitrogens with two attached hydrogens (primary N) is 1. The van der Waals surface area contributed by atoms with E-state index in [0.717, 1.165) is 0 Å². The molecule has 2 aromatic rings. The Morgan fingerprint density at radius 1 is 1.10 bits per heavy atom. The van der Waals surface area contributed by atoms with E-state index in [1.165, 1.54) is 0 Å². The number of aliphatic carboxylic acids is 1. The third-order valence-electron chi connectivity index (χ3n) is 2.15. The van der Waals surface area contributed by atoms with Gasteiger partial charge in [0, 0.05) is 13.9 Å². The van der Waals surface area contributed by atoms with Crippen LogP contribution in [0.5, 0.6) is 0 Å². The van der Waals surface area contributed by atoms with E-state index in [2.05, 4.69) is 0 Å². The van der Waals surface area contributed by atoms with Gasteiger partial charge in [-0.15, -0.1) is 12.4 Å². The maximum atomic E-state index is 13.0. The van der Waals surface area contributed by atoms with Gasteiger partial charge in [-0.1, -0.05) is 54.4 Å². The second kappa shape index (κ2) is 7.57. The Morgan fingerprint density at radius 2 is 1.62 bits per heavy atom. The van der Waals surface area contributed by atoms with Crippen molar-refractivity contribution in [2.24, 2.45) is 5.73 Å². The summed E-state index contributed by atoms with van der Waals surface area (Å²) in [6.45, 7) is 0. The Labute approximate surface area is 144 Å². The van der Waals surface area contributed by atoms with Crippen LogP contribution >= 0.6 is 12.4 Å². The molecule has 2 rings (SSSR count). The van der Waals surface area contributed by atoms with Crippen molar-refractivity contribution < 1.29 is 29.8 Å². The van der Waals surface area contributed by atoms with Crippen LogP contribution in [0.4, 0.5) is 0 Å². The summed E-state index contributed by atoms with van der Waals surface area (Å²) >= 11 is 0. The molecule has 0 saturated carbocycles. The highest BCUT2D eigenvalue weighted by molar-refractivity contribution is 6.08. The smallest absolute Gasteiger partial charge is 0.320 e. The molecule has 0 aliphatic carbocycles. The number of carboxylic acids is 1.